The van der Waals surface area contributed by atoms with Crippen molar-refractivity contribution in [1.29, 1.82) is 0 Å². The maximum atomic E-state index is 5.89. The number of guanidine groups is 1. The van der Waals surface area contributed by atoms with Crippen LogP contribution in [0.5, 0.6) is 0 Å². The molecule has 2 heterocycles. The Hall–Kier alpha value is -1.49. The van der Waals surface area contributed by atoms with E-state index in [0.717, 1.165) is 50.1 Å². The Labute approximate surface area is 140 Å². The lowest BCUT2D eigenvalue weighted by molar-refractivity contribution is 0.213. The molecule has 0 amide bonds. The molecule has 0 bridgehead atoms. The van der Waals surface area contributed by atoms with Crippen LogP contribution in [0.3, 0.4) is 0 Å². The Morgan fingerprint density at radius 2 is 2.00 bits per heavy atom. The standard InChI is InChI=1S/C18H32N4O/c1-14(2)9-10-20-18(19-4)21-13-16(22-11-5-6-12-22)17-8-7-15(3)23-17/h7-8,14,16H,5-6,9-13H2,1-4H3,(H2,19,20,21). The van der Waals surface area contributed by atoms with Gasteiger partial charge in [-0.15, -0.1) is 0 Å². The summed E-state index contributed by atoms with van der Waals surface area (Å²) in [5, 5.41) is 6.86. The minimum absolute atomic E-state index is 0.273. The first kappa shape index (κ1) is 17.9. The first-order valence-electron chi connectivity index (χ1n) is 8.85. The number of nitrogens with one attached hydrogen (secondary N) is 2. The fourth-order valence-corrected chi connectivity index (χ4v) is 2.99. The lowest BCUT2D eigenvalue weighted by atomic mass is 10.1. The van der Waals surface area contributed by atoms with Gasteiger partial charge in [0, 0.05) is 20.1 Å². The molecule has 1 saturated heterocycles. The van der Waals surface area contributed by atoms with Gasteiger partial charge in [-0.1, -0.05) is 13.8 Å². The molecule has 1 aromatic heterocycles. The van der Waals surface area contributed by atoms with Crippen LogP contribution in [-0.2, 0) is 0 Å². The molecule has 0 aromatic carbocycles. The van der Waals surface area contributed by atoms with E-state index in [9.17, 15) is 0 Å². The summed E-state index contributed by atoms with van der Waals surface area (Å²) in [6.07, 6.45) is 3.70. The lowest BCUT2D eigenvalue weighted by Gasteiger charge is -2.26. The summed E-state index contributed by atoms with van der Waals surface area (Å²) >= 11 is 0. The van der Waals surface area contributed by atoms with Crippen molar-refractivity contribution in [1.82, 2.24) is 15.5 Å². The highest BCUT2D eigenvalue weighted by molar-refractivity contribution is 5.79. The fourth-order valence-electron chi connectivity index (χ4n) is 2.99. The van der Waals surface area contributed by atoms with Gasteiger partial charge in [-0.05, 0) is 57.3 Å². The second-order valence-corrected chi connectivity index (χ2v) is 6.77. The van der Waals surface area contributed by atoms with Gasteiger partial charge in [-0.3, -0.25) is 9.89 Å². The van der Waals surface area contributed by atoms with E-state index < -0.39 is 0 Å². The second kappa shape index (κ2) is 8.96. The Balaban J connectivity index is 1.92. The van der Waals surface area contributed by atoms with E-state index in [4.69, 9.17) is 4.42 Å². The predicted molar refractivity (Wildman–Crippen MR) is 95.8 cm³/mol. The highest BCUT2D eigenvalue weighted by Gasteiger charge is 2.26. The molecule has 2 N–H and O–H groups in total. The third-order valence-corrected chi connectivity index (χ3v) is 4.37. The quantitative estimate of drug-likeness (QED) is 0.599. The number of likely N-dealkylation sites (tertiary alicyclic amines) is 1. The molecular weight excluding hydrogens is 288 g/mol. The van der Waals surface area contributed by atoms with Crippen molar-refractivity contribution in [3.8, 4) is 0 Å². The molecular formula is C18H32N4O. The summed E-state index contributed by atoms with van der Waals surface area (Å²) in [6, 6.07) is 4.43. The van der Waals surface area contributed by atoms with E-state index in [1.54, 1.807) is 0 Å². The van der Waals surface area contributed by atoms with E-state index in [-0.39, 0.29) is 6.04 Å². The first-order chi connectivity index (χ1) is 11.1. The molecule has 5 nitrogen and oxygen atoms in total. The molecule has 5 heteroatoms. The van der Waals surface area contributed by atoms with Crippen LogP contribution in [0.1, 0.15) is 50.7 Å². The Morgan fingerprint density at radius 3 is 2.57 bits per heavy atom. The zero-order valence-electron chi connectivity index (χ0n) is 15.1. The number of aryl methyl sites for hydroxylation is 1. The molecule has 1 unspecified atom stereocenters. The van der Waals surface area contributed by atoms with Gasteiger partial charge in [0.25, 0.3) is 0 Å². The summed E-state index contributed by atoms with van der Waals surface area (Å²) in [6.45, 7) is 10.5. The first-order valence-corrected chi connectivity index (χ1v) is 8.85. The number of hydrogen-bond donors (Lipinski definition) is 2. The van der Waals surface area contributed by atoms with E-state index >= 15 is 0 Å². The van der Waals surface area contributed by atoms with Crippen molar-refractivity contribution < 1.29 is 4.42 Å². The Bertz CT molecular complexity index is 489. The highest BCUT2D eigenvalue weighted by atomic mass is 16.3. The van der Waals surface area contributed by atoms with Crippen LogP contribution >= 0.6 is 0 Å². The van der Waals surface area contributed by atoms with Crippen LogP contribution in [0.4, 0.5) is 0 Å². The summed E-state index contributed by atoms with van der Waals surface area (Å²) in [5.41, 5.74) is 0. The van der Waals surface area contributed by atoms with Crippen LogP contribution in [-0.4, -0.2) is 44.1 Å². The number of rotatable bonds is 7. The van der Waals surface area contributed by atoms with Crippen molar-refractivity contribution in [3.63, 3.8) is 0 Å². The van der Waals surface area contributed by atoms with E-state index in [2.05, 4.69) is 40.4 Å². The van der Waals surface area contributed by atoms with Crippen LogP contribution < -0.4 is 10.6 Å². The van der Waals surface area contributed by atoms with E-state index in [1.165, 1.54) is 12.8 Å². The highest BCUT2D eigenvalue weighted by Crippen LogP contribution is 2.26. The number of furan rings is 1. The normalized spacial score (nSPS) is 17.7. The van der Waals surface area contributed by atoms with E-state index in [0.29, 0.717) is 5.92 Å². The summed E-state index contributed by atoms with van der Waals surface area (Å²) in [4.78, 5) is 6.83. The molecule has 0 spiro atoms. The fraction of sp³-hybridized carbons (Fsp3) is 0.722. The zero-order chi connectivity index (χ0) is 16.7. The predicted octanol–water partition coefficient (Wildman–Crippen LogP) is 2.94. The maximum absolute atomic E-state index is 5.89. The molecule has 130 valence electrons. The van der Waals surface area contributed by atoms with Crippen molar-refractivity contribution in [2.75, 3.05) is 33.2 Å². The molecule has 1 fully saturated rings. The molecule has 2 rings (SSSR count). The minimum atomic E-state index is 0.273. The molecule has 0 radical (unpaired) electrons. The molecule has 1 aromatic rings. The van der Waals surface area contributed by atoms with Gasteiger partial charge in [0.15, 0.2) is 5.96 Å². The van der Waals surface area contributed by atoms with Crippen LogP contribution in [0.2, 0.25) is 0 Å². The SMILES string of the molecule is CN=C(NCCC(C)C)NCC(c1ccc(C)o1)N1CCCC1. The summed E-state index contributed by atoms with van der Waals surface area (Å²) in [7, 11) is 1.83. The van der Waals surface area contributed by atoms with Crippen LogP contribution in [0.25, 0.3) is 0 Å². The third-order valence-electron chi connectivity index (χ3n) is 4.37. The van der Waals surface area contributed by atoms with Gasteiger partial charge in [-0.2, -0.15) is 0 Å². The van der Waals surface area contributed by atoms with Crippen molar-refractivity contribution in [3.05, 3.63) is 23.7 Å². The summed E-state index contributed by atoms with van der Waals surface area (Å²) in [5.74, 6) is 3.60. The van der Waals surface area contributed by atoms with Crippen molar-refractivity contribution >= 4 is 5.96 Å². The molecule has 1 aliphatic rings. The van der Waals surface area contributed by atoms with Crippen LogP contribution in [0.15, 0.2) is 21.5 Å². The monoisotopic (exact) mass is 320 g/mol. The van der Waals surface area contributed by atoms with Gasteiger partial charge < -0.3 is 15.1 Å². The van der Waals surface area contributed by atoms with Crippen molar-refractivity contribution in [2.45, 2.75) is 46.1 Å². The number of aliphatic imine (C=N–C) groups is 1. The topological polar surface area (TPSA) is 52.8 Å². The Kier molecular flexibility index (Phi) is 6.96. The zero-order valence-corrected chi connectivity index (χ0v) is 15.1. The van der Waals surface area contributed by atoms with Gasteiger partial charge >= 0.3 is 0 Å². The average molecular weight is 320 g/mol. The summed E-state index contributed by atoms with van der Waals surface area (Å²) < 4.78 is 5.89. The maximum Gasteiger partial charge on any atom is 0.191 e. The minimum Gasteiger partial charge on any atom is -0.465 e. The number of nitrogens with zero attached hydrogens (tertiary/aromatic N) is 2. The van der Waals surface area contributed by atoms with E-state index in [1.807, 2.05) is 20.0 Å². The third kappa shape index (κ3) is 5.57. The van der Waals surface area contributed by atoms with Gasteiger partial charge in [-0.25, -0.2) is 0 Å². The average Bonchev–Trinajstić information content (AvgIpc) is 3.17. The van der Waals surface area contributed by atoms with Crippen molar-refractivity contribution in [2.24, 2.45) is 10.9 Å². The van der Waals surface area contributed by atoms with Gasteiger partial charge in [0.1, 0.15) is 11.5 Å². The molecule has 1 aliphatic heterocycles. The Morgan fingerprint density at radius 1 is 1.26 bits per heavy atom. The lowest BCUT2D eigenvalue weighted by Crippen LogP contribution is -2.43. The largest absolute Gasteiger partial charge is 0.465 e. The second-order valence-electron chi connectivity index (χ2n) is 6.77. The van der Waals surface area contributed by atoms with Crippen LogP contribution in [0, 0.1) is 12.8 Å². The van der Waals surface area contributed by atoms with Gasteiger partial charge in [0.05, 0.1) is 6.04 Å². The molecule has 1 atom stereocenters. The van der Waals surface area contributed by atoms with Gasteiger partial charge in [0.2, 0.25) is 0 Å². The molecule has 23 heavy (non-hydrogen) atoms. The smallest absolute Gasteiger partial charge is 0.191 e. The molecule has 0 saturated carbocycles. The molecule has 0 aliphatic carbocycles. The number of hydrogen-bond acceptors (Lipinski definition) is 3.